The number of halogens is 1. The fourth-order valence-corrected chi connectivity index (χ4v) is 2.36. The van der Waals surface area contributed by atoms with E-state index in [1.165, 1.54) is 51.4 Å². The number of rotatable bonds is 7. The van der Waals surface area contributed by atoms with Crippen LogP contribution in [0, 0.1) is 5.92 Å². The van der Waals surface area contributed by atoms with Gasteiger partial charge < -0.3 is 0 Å². The molecule has 0 heterocycles. The Morgan fingerprint density at radius 2 is 1.46 bits per heavy atom. The molecule has 0 saturated heterocycles. The minimum absolute atomic E-state index is 0.122. The lowest BCUT2D eigenvalue weighted by Crippen LogP contribution is -1.92. The Balaban J connectivity index is 1.78. The van der Waals surface area contributed by atoms with Gasteiger partial charge in [0.2, 0.25) is 0 Å². The Morgan fingerprint density at radius 3 is 2.15 bits per heavy atom. The van der Waals surface area contributed by atoms with E-state index in [9.17, 15) is 4.39 Å². The summed E-state index contributed by atoms with van der Waals surface area (Å²) in [7, 11) is 0. The first kappa shape index (κ1) is 11.0. The van der Waals surface area contributed by atoms with Crippen LogP contribution in [0.1, 0.15) is 64.2 Å². The highest BCUT2D eigenvalue weighted by Gasteiger charge is 2.13. The van der Waals surface area contributed by atoms with E-state index >= 15 is 0 Å². The van der Waals surface area contributed by atoms with Crippen LogP contribution in [0.4, 0.5) is 4.39 Å². The molecule has 0 radical (unpaired) electrons. The number of hydrogen-bond donors (Lipinski definition) is 0. The molecule has 1 aliphatic carbocycles. The minimum atomic E-state index is -0.122. The van der Waals surface area contributed by atoms with E-state index in [-0.39, 0.29) is 6.67 Å². The van der Waals surface area contributed by atoms with Crippen molar-refractivity contribution in [3.63, 3.8) is 0 Å². The van der Waals surface area contributed by atoms with Gasteiger partial charge in [0.25, 0.3) is 0 Å². The molecule has 0 atom stereocenters. The third kappa shape index (κ3) is 5.28. The number of unbranched alkanes of at least 4 members (excludes halogenated alkanes) is 4. The summed E-state index contributed by atoms with van der Waals surface area (Å²) in [6.07, 6.45) is 13.2. The molecule has 1 heteroatoms. The molecule has 0 nitrogen and oxygen atoms in total. The highest BCUT2D eigenvalue weighted by atomic mass is 19.1. The smallest absolute Gasteiger partial charge is 0.0894 e. The Labute approximate surface area is 81.9 Å². The van der Waals surface area contributed by atoms with Gasteiger partial charge in [-0.1, -0.05) is 57.8 Å². The van der Waals surface area contributed by atoms with Crippen molar-refractivity contribution in [2.24, 2.45) is 5.92 Å². The van der Waals surface area contributed by atoms with E-state index in [1.807, 2.05) is 0 Å². The van der Waals surface area contributed by atoms with Crippen LogP contribution >= 0.6 is 0 Å². The van der Waals surface area contributed by atoms with Crippen LogP contribution in [0.25, 0.3) is 0 Å². The Hall–Kier alpha value is -0.0700. The molecule has 0 spiro atoms. The maximum atomic E-state index is 11.7. The first-order chi connectivity index (χ1) is 6.43. The van der Waals surface area contributed by atoms with E-state index in [0.29, 0.717) is 0 Å². The molecule has 0 aliphatic heterocycles. The zero-order chi connectivity index (χ0) is 9.36. The lowest BCUT2D eigenvalue weighted by Gasteiger charge is -2.07. The quantitative estimate of drug-likeness (QED) is 0.514. The second-order valence-electron chi connectivity index (χ2n) is 4.40. The normalized spacial score (nSPS) is 18.2. The van der Waals surface area contributed by atoms with Gasteiger partial charge in [0.1, 0.15) is 0 Å². The molecule has 78 valence electrons. The van der Waals surface area contributed by atoms with E-state index in [1.54, 1.807) is 0 Å². The summed E-state index contributed by atoms with van der Waals surface area (Å²) in [5.41, 5.74) is 0. The van der Waals surface area contributed by atoms with Gasteiger partial charge in [0, 0.05) is 0 Å². The molecule has 1 fully saturated rings. The average Bonchev–Trinajstić information content (AvgIpc) is 2.63. The fraction of sp³-hybridized carbons (Fsp3) is 1.00. The van der Waals surface area contributed by atoms with Crippen LogP contribution in [0.3, 0.4) is 0 Å². The molecule has 0 N–H and O–H groups in total. The zero-order valence-electron chi connectivity index (χ0n) is 8.73. The van der Waals surface area contributed by atoms with Crippen LogP contribution in [-0.4, -0.2) is 6.67 Å². The van der Waals surface area contributed by atoms with Crippen LogP contribution < -0.4 is 0 Å². The molecule has 0 aromatic carbocycles. The van der Waals surface area contributed by atoms with Crippen molar-refractivity contribution >= 4 is 0 Å². The second kappa shape index (κ2) is 7.34. The summed E-state index contributed by atoms with van der Waals surface area (Å²) in [6.45, 7) is -0.122. The van der Waals surface area contributed by atoms with Crippen molar-refractivity contribution in [1.82, 2.24) is 0 Å². The van der Waals surface area contributed by atoms with E-state index in [4.69, 9.17) is 0 Å². The van der Waals surface area contributed by atoms with Crippen molar-refractivity contribution in [3.05, 3.63) is 0 Å². The fourth-order valence-electron chi connectivity index (χ4n) is 2.36. The molecular formula is C12H23F. The van der Waals surface area contributed by atoms with Crippen LogP contribution in [0.5, 0.6) is 0 Å². The first-order valence-electron chi connectivity index (χ1n) is 5.99. The zero-order valence-corrected chi connectivity index (χ0v) is 8.73. The van der Waals surface area contributed by atoms with Gasteiger partial charge in [0.15, 0.2) is 0 Å². The number of hydrogen-bond acceptors (Lipinski definition) is 0. The van der Waals surface area contributed by atoms with Gasteiger partial charge in [-0.2, -0.15) is 0 Å². The predicted octanol–water partition coefficient (Wildman–Crippen LogP) is 4.49. The SMILES string of the molecule is FCCCCCCCC1CCCC1. The molecule has 0 aromatic rings. The van der Waals surface area contributed by atoms with Crippen LogP contribution in [0.2, 0.25) is 0 Å². The summed E-state index contributed by atoms with van der Waals surface area (Å²) < 4.78 is 11.7. The summed E-state index contributed by atoms with van der Waals surface area (Å²) in [6, 6.07) is 0. The molecule has 1 saturated carbocycles. The lowest BCUT2D eigenvalue weighted by molar-refractivity contribution is 0.435. The summed E-state index contributed by atoms with van der Waals surface area (Å²) in [4.78, 5) is 0. The third-order valence-electron chi connectivity index (χ3n) is 3.22. The van der Waals surface area contributed by atoms with Crippen molar-refractivity contribution in [2.75, 3.05) is 6.67 Å². The number of alkyl halides is 1. The molecular weight excluding hydrogens is 163 g/mol. The average molecular weight is 186 g/mol. The standard InChI is InChI=1S/C12H23F/c13-11-7-3-1-2-4-8-12-9-5-6-10-12/h12H,1-11H2. The summed E-state index contributed by atoms with van der Waals surface area (Å²) in [5.74, 6) is 1.04. The van der Waals surface area contributed by atoms with Gasteiger partial charge >= 0.3 is 0 Å². The maximum Gasteiger partial charge on any atom is 0.0894 e. The Morgan fingerprint density at radius 1 is 0.846 bits per heavy atom. The third-order valence-corrected chi connectivity index (χ3v) is 3.22. The van der Waals surface area contributed by atoms with E-state index < -0.39 is 0 Å². The highest BCUT2D eigenvalue weighted by molar-refractivity contribution is 4.66. The van der Waals surface area contributed by atoms with Gasteiger partial charge in [-0.15, -0.1) is 0 Å². The largest absolute Gasteiger partial charge is 0.251 e. The monoisotopic (exact) mass is 186 g/mol. The molecule has 13 heavy (non-hydrogen) atoms. The van der Waals surface area contributed by atoms with E-state index in [0.717, 1.165) is 18.8 Å². The minimum Gasteiger partial charge on any atom is -0.251 e. The second-order valence-corrected chi connectivity index (χ2v) is 4.40. The van der Waals surface area contributed by atoms with Crippen molar-refractivity contribution in [1.29, 1.82) is 0 Å². The summed E-state index contributed by atoms with van der Waals surface area (Å²) in [5, 5.41) is 0. The lowest BCUT2D eigenvalue weighted by atomic mass is 9.99. The van der Waals surface area contributed by atoms with Crippen molar-refractivity contribution in [2.45, 2.75) is 64.2 Å². The Bertz CT molecular complexity index is 106. The molecule has 1 rings (SSSR count). The predicted molar refractivity (Wildman–Crippen MR) is 55.6 cm³/mol. The van der Waals surface area contributed by atoms with Gasteiger partial charge in [-0.3, -0.25) is 4.39 Å². The summed E-state index contributed by atoms with van der Waals surface area (Å²) >= 11 is 0. The maximum absolute atomic E-state index is 11.7. The topological polar surface area (TPSA) is 0 Å². The molecule has 0 aromatic heterocycles. The van der Waals surface area contributed by atoms with Gasteiger partial charge in [-0.25, -0.2) is 0 Å². The van der Waals surface area contributed by atoms with Gasteiger partial charge in [-0.05, 0) is 12.3 Å². The highest BCUT2D eigenvalue weighted by Crippen LogP contribution is 2.29. The van der Waals surface area contributed by atoms with Crippen LogP contribution in [0.15, 0.2) is 0 Å². The van der Waals surface area contributed by atoms with E-state index in [2.05, 4.69) is 0 Å². The Kier molecular flexibility index (Phi) is 6.22. The van der Waals surface area contributed by atoms with Gasteiger partial charge in [0.05, 0.1) is 6.67 Å². The molecule has 0 amide bonds. The van der Waals surface area contributed by atoms with Crippen molar-refractivity contribution < 1.29 is 4.39 Å². The molecule has 0 unspecified atom stereocenters. The van der Waals surface area contributed by atoms with Crippen molar-refractivity contribution in [3.8, 4) is 0 Å². The van der Waals surface area contributed by atoms with Crippen LogP contribution in [-0.2, 0) is 0 Å². The first-order valence-corrected chi connectivity index (χ1v) is 5.99. The molecule has 1 aliphatic rings. The molecule has 0 bridgehead atoms.